The summed E-state index contributed by atoms with van der Waals surface area (Å²) in [5.74, 6) is -0.0199. The first-order valence-corrected chi connectivity index (χ1v) is 4.16. The summed E-state index contributed by atoms with van der Waals surface area (Å²) in [6, 6.07) is 5.29. The van der Waals surface area contributed by atoms with E-state index < -0.39 is 0 Å². The van der Waals surface area contributed by atoms with E-state index in [9.17, 15) is 9.90 Å². The number of rotatable bonds is 3. The van der Waals surface area contributed by atoms with E-state index in [-0.39, 0.29) is 11.7 Å². The summed E-state index contributed by atoms with van der Waals surface area (Å²) in [7, 11) is 0. The van der Waals surface area contributed by atoms with Crippen molar-refractivity contribution in [2.45, 2.75) is 19.8 Å². The minimum Gasteiger partial charge on any atom is -0.508 e. The average Bonchev–Trinajstić information content (AvgIpc) is 2.07. The molecule has 3 N–H and O–H groups in total. The number of carbonyl (C=O) groups is 1. The van der Waals surface area contributed by atoms with E-state index >= 15 is 0 Å². The van der Waals surface area contributed by atoms with Gasteiger partial charge in [0.1, 0.15) is 5.75 Å². The van der Waals surface area contributed by atoms with Crippen LogP contribution in [-0.4, -0.2) is 11.0 Å². The van der Waals surface area contributed by atoms with Crippen LogP contribution in [0.2, 0.25) is 0 Å². The predicted octanol–water partition coefficient (Wildman–Crippen LogP) is 1.12. The third kappa shape index (κ3) is 2.78. The van der Waals surface area contributed by atoms with Gasteiger partial charge < -0.3 is 10.8 Å². The van der Waals surface area contributed by atoms with E-state index in [0.717, 1.165) is 11.1 Å². The number of benzene rings is 1. The molecule has 13 heavy (non-hydrogen) atoms. The van der Waals surface area contributed by atoms with Crippen LogP contribution in [0.3, 0.4) is 0 Å². The second-order valence-electron chi connectivity index (χ2n) is 3.09. The molecule has 0 aromatic heterocycles. The number of amides is 1. The Balaban J connectivity index is 2.68. The van der Waals surface area contributed by atoms with Gasteiger partial charge in [0.25, 0.3) is 0 Å². The molecule has 0 unspecified atom stereocenters. The number of hydrogen-bond acceptors (Lipinski definition) is 2. The molecule has 3 heteroatoms. The molecule has 0 aliphatic rings. The van der Waals surface area contributed by atoms with Crippen molar-refractivity contribution in [2.24, 2.45) is 5.73 Å². The first-order valence-electron chi connectivity index (χ1n) is 4.16. The molecule has 0 heterocycles. The fourth-order valence-corrected chi connectivity index (χ4v) is 1.14. The molecular formula is C10H13NO2. The van der Waals surface area contributed by atoms with Crippen molar-refractivity contribution < 1.29 is 9.90 Å². The van der Waals surface area contributed by atoms with Gasteiger partial charge >= 0.3 is 0 Å². The van der Waals surface area contributed by atoms with Crippen LogP contribution in [0, 0.1) is 6.92 Å². The van der Waals surface area contributed by atoms with E-state index in [1.54, 1.807) is 12.1 Å². The number of hydrogen-bond donors (Lipinski definition) is 2. The van der Waals surface area contributed by atoms with Gasteiger partial charge in [-0.15, -0.1) is 0 Å². The Morgan fingerprint density at radius 1 is 1.54 bits per heavy atom. The lowest BCUT2D eigenvalue weighted by Crippen LogP contribution is -2.11. The van der Waals surface area contributed by atoms with Gasteiger partial charge in [0.15, 0.2) is 0 Å². The van der Waals surface area contributed by atoms with E-state index in [1.807, 2.05) is 13.0 Å². The standard InChI is InChI=1S/C10H13NO2/c1-7-6-8(2-4-9(7)12)3-5-10(11)13/h2,4,6,12H,3,5H2,1H3,(H2,11,13). The number of nitrogens with two attached hydrogens (primary N) is 1. The highest BCUT2D eigenvalue weighted by atomic mass is 16.3. The van der Waals surface area contributed by atoms with Gasteiger partial charge in [0, 0.05) is 6.42 Å². The van der Waals surface area contributed by atoms with Crippen molar-refractivity contribution in [3.8, 4) is 5.75 Å². The van der Waals surface area contributed by atoms with Crippen molar-refractivity contribution in [1.29, 1.82) is 0 Å². The lowest BCUT2D eigenvalue weighted by atomic mass is 10.1. The summed E-state index contributed by atoms with van der Waals surface area (Å²) in [5, 5.41) is 9.23. The largest absolute Gasteiger partial charge is 0.508 e. The van der Waals surface area contributed by atoms with Gasteiger partial charge in [0.05, 0.1) is 0 Å². The fraction of sp³-hybridized carbons (Fsp3) is 0.300. The van der Waals surface area contributed by atoms with Crippen molar-refractivity contribution >= 4 is 5.91 Å². The number of primary amides is 1. The Morgan fingerprint density at radius 3 is 2.77 bits per heavy atom. The first kappa shape index (κ1) is 9.58. The molecule has 3 nitrogen and oxygen atoms in total. The molecule has 0 saturated heterocycles. The third-order valence-corrected chi connectivity index (χ3v) is 1.92. The van der Waals surface area contributed by atoms with Gasteiger partial charge in [-0.1, -0.05) is 12.1 Å². The van der Waals surface area contributed by atoms with Crippen LogP contribution in [-0.2, 0) is 11.2 Å². The summed E-state index contributed by atoms with van der Waals surface area (Å²) in [4.78, 5) is 10.5. The summed E-state index contributed by atoms with van der Waals surface area (Å²) in [5.41, 5.74) is 6.86. The zero-order valence-electron chi connectivity index (χ0n) is 7.58. The smallest absolute Gasteiger partial charge is 0.217 e. The van der Waals surface area contributed by atoms with Crippen LogP contribution >= 0.6 is 0 Å². The maximum atomic E-state index is 10.5. The number of aryl methyl sites for hydroxylation is 2. The third-order valence-electron chi connectivity index (χ3n) is 1.92. The molecule has 0 fully saturated rings. The summed E-state index contributed by atoms with van der Waals surface area (Å²) >= 11 is 0. The maximum Gasteiger partial charge on any atom is 0.217 e. The molecule has 1 amide bonds. The topological polar surface area (TPSA) is 63.3 Å². The highest BCUT2D eigenvalue weighted by molar-refractivity contribution is 5.74. The Kier molecular flexibility index (Phi) is 2.90. The quantitative estimate of drug-likeness (QED) is 0.730. The molecule has 1 aromatic carbocycles. The molecular weight excluding hydrogens is 166 g/mol. The second-order valence-corrected chi connectivity index (χ2v) is 3.09. The highest BCUT2D eigenvalue weighted by Crippen LogP contribution is 2.17. The number of aromatic hydroxyl groups is 1. The predicted molar refractivity (Wildman–Crippen MR) is 50.4 cm³/mol. The molecule has 0 saturated carbocycles. The molecule has 1 rings (SSSR count). The van der Waals surface area contributed by atoms with Crippen molar-refractivity contribution in [2.75, 3.05) is 0 Å². The summed E-state index contributed by atoms with van der Waals surface area (Å²) in [6.07, 6.45) is 0.987. The number of carbonyl (C=O) groups excluding carboxylic acids is 1. The van der Waals surface area contributed by atoms with E-state index in [4.69, 9.17) is 5.73 Å². The molecule has 0 atom stereocenters. The van der Waals surface area contributed by atoms with Gasteiger partial charge in [-0.05, 0) is 30.5 Å². The molecule has 0 bridgehead atoms. The highest BCUT2D eigenvalue weighted by Gasteiger charge is 2.00. The fourth-order valence-electron chi connectivity index (χ4n) is 1.14. The van der Waals surface area contributed by atoms with Crippen molar-refractivity contribution in [1.82, 2.24) is 0 Å². The lowest BCUT2D eigenvalue weighted by Gasteiger charge is -2.02. The van der Waals surface area contributed by atoms with Crippen LogP contribution in [0.1, 0.15) is 17.5 Å². The van der Waals surface area contributed by atoms with Crippen LogP contribution < -0.4 is 5.73 Å². The summed E-state index contributed by atoms with van der Waals surface area (Å²) < 4.78 is 0. The molecule has 0 aliphatic heterocycles. The normalized spacial score (nSPS) is 9.92. The zero-order chi connectivity index (χ0) is 9.84. The maximum absolute atomic E-state index is 10.5. The zero-order valence-corrected chi connectivity index (χ0v) is 7.58. The van der Waals surface area contributed by atoms with Crippen molar-refractivity contribution in [3.63, 3.8) is 0 Å². The minimum atomic E-state index is -0.300. The van der Waals surface area contributed by atoms with E-state index in [1.165, 1.54) is 0 Å². The monoisotopic (exact) mass is 179 g/mol. The molecule has 70 valence electrons. The lowest BCUT2D eigenvalue weighted by molar-refractivity contribution is -0.117. The second kappa shape index (κ2) is 3.94. The Hall–Kier alpha value is -1.51. The Morgan fingerprint density at radius 2 is 2.23 bits per heavy atom. The van der Waals surface area contributed by atoms with Crippen LogP contribution in [0.25, 0.3) is 0 Å². The van der Waals surface area contributed by atoms with Gasteiger partial charge in [-0.2, -0.15) is 0 Å². The molecule has 0 spiro atoms. The van der Waals surface area contributed by atoms with Gasteiger partial charge in [0.2, 0.25) is 5.91 Å². The average molecular weight is 179 g/mol. The first-order chi connectivity index (χ1) is 6.09. The molecule has 1 aromatic rings. The van der Waals surface area contributed by atoms with E-state index in [2.05, 4.69) is 0 Å². The number of phenols is 1. The minimum absolute atomic E-state index is 0.280. The molecule has 0 radical (unpaired) electrons. The Labute approximate surface area is 77.2 Å². The van der Waals surface area contributed by atoms with Crippen molar-refractivity contribution in [3.05, 3.63) is 29.3 Å². The van der Waals surface area contributed by atoms with Gasteiger partial charge in [-0.25, -0.2) is 0 Å². The van der Waals surface area contributed by atoms with E-state index in [0.29, 0.717) is 12.8 Å². The summed E-state index contributed by atoms with van der Waals surface area (Å²) in [6.45, 7) is 1.82. The SMILES string of the molecule is Cc1cc(CCC(N)=O)ccc1O. The van der Waals surface area contributed by atoms with Crippen LogP contribution in [0.5, 0.6) is 5.75 Å². The van der Waals surface area contributed by atoms with Gasteiger partial charge in [-0.3, -0.25) is 4.79 Å². The van der Waals surface area contributed by atoms with Crippen LogP contribution in [0.4, 0.5) is 0 Å². The molecule has 0 aliphatic carbocycles. The number of phenolic OH excluding ortho intramolecular Hbond substituents is 1. The Bertz CT molecular complexity index is 321. The van der Waals surface area contributed by atoms with Crippen LogP contribution in [0.15, 0.2) is 18.2 Å².